The summed E-state index contributed by atoms with van der Waals surface area (Å²) in [6.45, 7) is 10.2. The molecule has 2 aliphatic heterocycles. The van der Waals surface area contributed by atoms with Crippen LogP contribution in [0.4, 0.5) is 0 Å². The highest BCUT2D eigenvalue weighted by atomic mass is 16.3. The van der Waals surface area contributed by atoms with E-state index in [0.29, 0.717) is 5.75 Å². The second kappa shape index (κ2) is 9.26. The van der Waals surface area contributed by atoms with Gasteiger partial charge < -0.3 is 14.9 Å². The number of phenolic OH excluding ortho intramolecular Hbond substituents is 1. The Bertz CT molecular complexity index is 749. The highest BCUT2D eigenvalue weighted by molar-refractivity contribution is 5.67. The van der Waals surface area contributed by atoms with Crippen molar-refractivity contribution >= 4 is 0 Å². The maximum atomic E-state index is 11.2. The zero-order valence-corrected chi connectivity index (χ0v) is 17.8. The molecule has 2 saturated heterocycles. The monoisotopic (exact) mass is 394 g/mol. The number of phenols is 1. The Morgan fingerprint density at radius 1 is 0.655 bits per heavy atom. The molecule has 0 spiro atoms. The number of piperazine rings is 2. The van der Waals surface area contributed by atoms with Crippen LogP contribution in [-0.4, -0.2) is 91.2 Å². The average Bonchev–Trinajstić information content (AvgIpc) is 2.74. The molecular formula is C24H34N4O. The predicted molar refractivity (Wildman–Crippen MR) is 119 cm³/mol. The molecule has 156 valence electrons. The largest absolute Gasteiger partial charge is 0.507 e. The van der Waals surface area contributed by atoms with E-state index < -0.39 is 0 Å². The Labute approximate surface area is 175 Å². The van der Waals surface area contributed by atoms with Crippen LogP contribution in [0.15, 0.2) is 42.5 Å². The van der Waals surface area contributed by atoms with Crippen molar-refractivity contribution in [2.45, 2.75) is 13.1 Å². The minimum absolute atomic E-state index is 0.488. The maximum absolute atomic E-state index is 11.2. The first-order valence-corrected chi connectivity index (χ1v) is 10.8. The normalized spacial score (nSPS) is 20.2. The van der Waals surface area contributed by atoms with Crippen molar-refractivity contribution in [3.05, 3.63) is 53.6 Å². The van der Waals surface area contributed by atoms with Crippen LogP contribution in [0.2, 0.25) is 0 Å². The topological polar surface area (TPSA) is 33.2 Å². The summed E-state index contributed by atoms with van der Waals surface area (Å²) in [6.07, 6.45) is 0. The van der Waals surface area contributed by atoms with Gasteiger partial charge in [0.05, 0.1) is 0 Å². The first kappa shape index (κ1) is 20.4. The van der Waals surface area contributed by atoms with Gasteiger partial charge in [0, 0.05) is 76.6 Å². The molecule has 5 nitrogen and oxygen atoms in total. The number of aromatic hydroxyl groups is 1. The summed E-state index contributed by atoms with van der Waals surface area (Å²) in [7, 11) is 4.36. The molecule has 2 aliphatic rings. The fourth-order valence-electron chi connectivity index (χ4n) is 4.29. The van der Waals surface area contributed by atoms with Gasteiger partial charge in [0.15, 0.2) is 0 Å². The van der Waals surface area contributed by atoms with Crippen LogP contribution in [-0.2, 0) is 13.1 Å². The molecule has 29 heavy (non-hydrogen) atoms. The van der Waals surface area contributed by atoms with E-state index >= 15 is 0 Å². The van der Waals surface area contributed by atoms with Crippen LogP contribution in [0.5, 0.6) is 5.75 Å². The van der Waals surface area contributed by atoms with Gasteiger partial charge in [-0.25, -0.2) is 0 Å². The smallest absolute Gasteiger partial charge is 0.124 e. The van der Waals surface area contributed by atoms with Crippen molar-refractivity contribution in [1.29, 1.82) is 0 Å². The molecular weight excluding hydrogens is 360 g/mol. The Balaban J connectivity index is 1.60. The van der Waals surface area contributed by atoms with E-state index in [1.54, 1.807) is 0 Å². The second-order valence-corrected chi connectivity index (χ2v) is 8.67. The number of hydrogen-bond acceptors (Lipinski definition) is 5. The summed E-state index contributed by atoms with van der Waals surface area (Å²) < 4.78 is 0. The first-order valence-electron chi connectivity index (χ1n) is 10.8. The molecule has 5 heteroatoms. The van der Waals surface area contributed by atoms with Gasteiger partial charge in [-0.3, -0.25) is 9.80 Å². The van der Waals surface area contributed by atoms with Crippen molar-refractivity contribution in [3.8, 4) is 16.9 Å². The van der Waals surface area contributed by atoms with Gasteiger partial charge in [-0.2, -0.15) is 0 Å². The quantitative estimate of drug-likeness (QED) is 0.843. The third-order valence-corrected chi connectivity index (χ3v) is 6.35. The van der Waals surface area contributed by atoms with Crippen molar-refractivity contribution in [2.24, 2.45) is 0 Å². The van der Waals surface area contributed by atoms with Crippen molar-refractivity contribution < 1.29 is 5.11 Å². The number of benzene rings is 2. The zero-order valence-electron chi connectivity index (χ0n) is 17.8. The Kier molecular flexibility index (Phi) is 6.50. The number of nitrogens with zero attached hydrogens (tertiary/aromatic N) is 4. The molecule has 1 N–H and O–H groups in total. The molecule has 0 aromatic heterocycles. The van der Waals surface area contributed by atoms with Gasteiger partial charge >= 0.3 is 0 Å². The third-order valence-electron chi connectivity index (χ3n) is 6.35. The Hall–Kier alpha value is -1.92. The minimum atomic E-state index is 0.488. The number of likely N-dealkylation sites (N-methyl/N-ethyl adjacent to an activating group) is 2. The fraction of sp³-hybridized carbons (Fsp3) is 0.500. The minimum Gasteiger partial charge on any atom is -0.507 e. The van der Waals surface area contributed by atoms with Gasteiger partial charge in [0.1, 0.15) is 5.75 Å². The van der Waals surface area contributed by atoms with Gasteiger partial charge in [-0.05, 0) is 37.4 Å². The van der Waals surface area contributed by atoms with E-state index in [1.807, 2.05) is 0 Å². The summed E-state index contributed by atoms with van der Waals surface area (Å²) in [5.74, 6) is 0.488. The molecule has 0 unspecified atom stereocenters. The number of hydrogen-bond donors (Lipinski definition) is 1. The lowest BCUT2D eigenvalue weighted by Gasteiger charge is -2.34. The van der Waals surface area contributed by atoms with E-state index in [1.165, 1.54) is 11.1 Å². The summed E-state index contributed by atoms with van der Waals surface area (Å²) in [4.78, 5) is 9.66. The zero-order chi connectivity index (χ0) is 20.2. The summed E-state index contributed by atoms with van der Waals surface area (Å²) in [5, 5.41) is 11.2. The SMILES string of the molecule is CN1CCN(Cc2cc(-c3ccccc3)cc(CN3CCN(C)CC3)c2O)CC1. The maximum Gasteiger partial charge on any atom is 0.124 e. The van der Waals surface area contributed by atoms with Gasteiger partial charge in [0.25, 0.3) is 0 Å². The molecule has 0 saturated carbocycles. The lowest BCUT2D eigenvalue weighted by Crippen LogP contribution is -2.44. The first-order chi connectivity index (χ1) is 14.1. The molecule has 2 aromatic rings. The van der Waals surface area contributed by atoms with E-state index in [-0.39, 0.29) is 0 Å². The van der Waals surface area contributed by atoms with Crippen LogP contribution in [0.25, 0.3) is 11.1 Å². The van der Waals surface area contributed by atoms with Crippen molar-refractivity contribution in [1.82, 2.24) is 19.6 Å². The second-order valence-electron chi connectivity index (χ2n) is 8.67. The lowest BCUT2D eigenvalue weighted by atomic mass is 9.97. The molecule has 2 fully saturated rings. The van der Waals surface area contributed by atoms with E-state index in [2.05, 4.69) is 76.2 Å². The summed E-state index contributed by atoms with van der Waals surface area (Å²) >= 11 is 0. The summed E-state index contributed by atoms with van der Waals surface area (Å²) in [6, 6.07) is 14.9. The highest BCUT2D eigenvalue weighted by Gasteiger charge is 2.20. The van der Waals surface area contributed by atoms with Crippen LogP contribution in [0, 0.1) is 0 Å². The fourth-order valence-corrected chi connectivity index (χ4v) is 4.29. The lowest BCUT2D eigenvalue weighted by molar-refractivity contribution is 0.144. The third kappa shape index (κ3) is 5.17. The van der Waals surface area contributed by atoms with E-state index in [9.17, 15) is 5.11 Å². The summed E-state index contributed by atoms with van der Waals surface area (Å²) in [5.41, 5.74) is 4.53. The molecule has 0 amide bonds. The number of rotatable bonds is 5. The van der Waals surface area contributed by atoms with Gasteiger partial charge in [-0.15, -0.1) is 0 Å². The molecule has 4 rings (SSSR count). The van der Waals surface area contributed by atoms with Gasteiger partial charge in [0.2, 0.25) is 0 Å². The molecule has 0 bridgehead atoms. The average molecular weight is 395 g/mol. The van der Waals surface area contributed by atoms with Crippen LogP contribution in [0.1, 0.15) is 11.1 Å². The van der Waals surface area contributed by atoms with Gasteiger partial charge in [-0.1, -0.05) is 30.3 Å². The molecule has 2 aromatic carbocycles. The standard InChI is InChI=1S/C24H34N4O/c1-25-8-12-27(13-9-25)18-22-16-21(20-6-4-3-5-7-20)17-23(24(22)29)19-28-14-10-26(2)11-15-28/h3-7,16-17,29H,8-15,18-19H2,1-2H3. The highest BCUT2D eigenvalue weighted by Crippen LogP contribution is 2.32. The molecule has 0 atom stereocenters. The van der Waals surface area contributed by atoms with Crippen LogP contribution < -0.4 is 0 Å². The molecule has 0 aliphatic carbocycles. The van der Waals surface area contributed by atoms with E-state index in [0.717, 1.165) is 76.6 Å². The molecule has 0 radical (unpaired) electrons. The Morgan fingerprint density at radius 2 is 1.10 bits per heavy atom. The predicted octanol–water partition coefficient (Wildman–Crippen LogP) is 2.55. The van der Waals surface area contributed by atoms with Crippen molar-refractivity contribution in [3.63, 3.8) is 0 Å². The van der Waals surface area contributed by atoms with Crippen molar-refractivity contribution in [2.75, 3.05) is 66.5 Å². The van der Waals surface area contributed by atoms with Crippen LogP contribution in [0.3, 0.4) is 0 Å². The van der Waals surface area contributed by atoms with Crippen LogP contribution >= 0.6 is 0 Å². The van der Waals surface area contributed by atoms with E-state index in [4.69, 9.17) is 0 Å². The Morgan fingerprint density at radius 3 is 1.55 bits per heavy atom. The molecule has 2 heterocycles.